The standard InChI is InChI=1S/C23H24FN3O2/c1-15-3-4-18-13-19(22(28)25-21(18)16(15)2)14-26-9-11-27(12-10-26)23(29)17-5-7-20(24)8-6-17/h3-8,13H,9-12,14H2,1-2H3,(H,25,28). The number of carbonyl (C=O) groups excluding carboxylic acids is 1. The van der Waals surface area contributed by atoms with Crippen molar-refractivity contribution in [1.82, 2.24) is 14.8 Å². The van der Waals surface area contributed by atoms with E-state index < -0.39 is 0 Å². The monoisotopic (exact) mass is 393 g/mol. The summed E-state index contributed by atoms with van der Waals surface area (Å²) in [4.78, 5) is 32.1. The molecule has 1 aromatic heterocycles. The Kier molecular flexibility index (Phi) is 5.20. The minimum absolute atomic E-state index is 0.0592. The van der Waals surface area contributed by atoms with Gasteiger partial charge in [-0.2, -0.15) is 0 Å². The van der Waals surface area contributed by atoms with E-state index in [4.69, 9.17) is 0 Å². The number of aryl methyl sites for hydroxylation is 2. The van der Waals surface area contributed by atoms with Gasteiger partial charge in [-0.05, 0) is 60.7 Å². The number of hydrogen-bond donors (Lipinski definition) is 1. The first-order valence-electron chi connectivity index (χ1n) is 9.81. The zero-order valence-corrected chi connectivity index (χ0v) is 16.7. The topological polar surface area (TPSA) is 56.4 Å². The van der Waals surface area contributed by atoms with Crippen LogP contribution in [0.15, 0.2) is 47.3 Å². The van der Waals surface area contributed by atoms with Crippen LogP contribution in [-0.2, 0) is 6.54 Å². The number of rotatable bonds is 3. The van der Waals surface area contributed by atoms with Crippen LogP contribution in [0.25, 0.3) is 10.9 Å². The van der Waals surface area contributed by atoms with E-state index in [1.807, 2.05) is 26.0 Å². The number of hydrogen-bond acceptors (Lipinski definition) is 3. The van der Waals surface area contributed by atoms with Gasteiger partial charge in [0.1, 0.15) is 5.82 Å². The molecule has 0 bridgehead atoms. The van der Waals surface area contributed by atoms with Gasteiger partial charge < -0.3 is 9.88 Å². The van der Waals surface area contributed by atoms with Gasteiger partial charge in [-0.25, -0.2) is 4.39 Å². The predicted molar refractivity (Wildman–Crippen MR) is 112 cm³/mol. The third kappa shape index (κ3) is 3.93. The lowest BCUT2D eigenvalue weighted by Crippen LogP contribution is -2.48. The first-order valence-corrected chi connectivity index (χ1v) is 9.81. The van der Waals surface area contributed by atoms with E-state index in [0.717, 1.165) is 27.6 Å². The molecule has 3 aromatic rings. The summed E-state index contributed by atoms with van der Waals surface area (Å²) in [6, 6.07) is 11.7. The number of nitrogens with one attached hydrogen (secondary N) is 1. The molecule has 29 heavy (non-hydrogen) atoms. The Morgan fingerprint density at radius 2 is 1.72 bits per heavy atom. The van der Waals surface area contributed by atoms with Gasteiger partial charge in [0.15, 0.2) is 0 Å². The summed E-state index contributed by atoms with van der Waals surface area (Å²) in [5.41, 5.74) is 4.32. The average Bonchev–Trinajstić information content (AvgIpc) is 2.73. The summed E-state index contributed by atoms with van der Waals surface area (Å²) in [5.74, 6) is -0.434. The number of piperazine rings is 1. The van der Waals surface area contributed by atoms with Crippen molar-refractivity contribution in [2.75, 3.05) is 26.2 Å². The Bertz CT molecular complexity index is 1110. The van der Waals surface area contributed by atoms with Crippen LogP contribution in [0, 0.1) is 19.7 Å². The first kappa shape index (κ1) is 19.3. The van der Waals surface area contributed by atoms with Gasteiger partial charge in [-0.15, -0.1) is 0 Å². The highest BCUT2D eigenvalue weighted by Gasteiger charge is 2.23. The molecule has 6 heteroatoms. The fourth-order valence-electron chi connectivity index (χ4n) is 3.81. The molecule has 0 atom stereocenters. The number of nitrogens with zero attached hydrogens (tertiary/aromatic N) is 2. The van der Waals surface area contributed by atoms with E-state index in [9.17, 15) is 14.0 Å². The van der Waals surface area contributed by atoms with Crippen LogP contribution < -0.4 is 5.56 Å². The number of amides is 1. The maximum absolute atomic E-state index is 13.1. The van der Waals surface area contributed by atoms with Crippen molar-refractivity contribution in [1.29, 1.82) is 0 Å². The molecule has 1 saturated heterocycles. The van der Waals surface area contributed by atoms with Crippen molar-refractivity contribution in [3.8, 4) is 0 Å². The summed E-state index contributed by atoms with van der Waals surface area (Å²) < 4.78 is 13.1. The molecule has 150 valence electrons. The minimum Gasteiger partial charge on any atom is -0.336 e. The molecule has 1 amide bonds. The van der Waals surface area contributed by atoms with E-state index in [1.54, 1.807) is 4.90 Å². The Morgan fingerprint density at radius 3 is 2.41 bits per heavy atom. The van der Waals surface area contributed by atoms with Crippen molar-refractivity contribution >= 4 is 16.8 Å². The number of aromatic amines is 1. The maximum atomic E-state index is 13.1. The molecule has 0 unspecified atom stereocenters. The number of fused-ring (bicyclic) bond motifs is 1. The first-order chi connectivity index (χ1) is 13.9. The zero-order chi connectivity index (χ0) is 20.5. The molecule has 0 radical (unpaired) electrons. The summed E-state index contributed by atoms with van der Waals surface area (Å²) >= 11 is 0. The molecule has 1 aliphatic rings. The minimum atomic E-state index is -0.350. The molecular weight excluding hydrogens is 369 g/mol. The van der Waals surface area contributed by atoms with Crippen LogP contribution in [0.2, 0.25) is 0 Å². The second-order valence-corrected chi connectivity index (χ2v) is 7.67. The van der Waals surface area contributed by atoms with Crippen LogP contribution in [0.1, 0.15) is 27.0 Å². The molecule has 2 aromatic carbocycles. The SMILES string of the molecule is Cc1ccc2cc(CN3CCN(C(=O)c4ccc(F)cc4)CC3)c(=O)[nH]c2c1C. The Hall–Kier alpha value is -2.99. The number of halogens is 1. The van der Waals surface area contributed by atoms with Gasteiger partial charge in [-0.3, -0.25) is 14.5 Å². The second-order valence-electron chi connectivity index (χ2n) is 7.67. The van der Waals surface area contributed by atoms with Crippen LogP contribution in [0.4, 0.5) is 4.39 Å². The number of aromatic nitrogens is 1. The van der Waals surface area contributed by atoms with E-state index in [0.29, 0.717) is 38.3 Å². The molecular formula is C23H24FN3O2. The number of benzene rings is 2. The highest BCUT2D eigenvalue weighted by molar-refractivity contribution is 5.94. The molecule has 1 fully saturated rings. The van der Waals surface area contributed by atoms with E-state index in [2.05, 4.69) is 16.0 Å². The molecule has 0 spiro atoms. The van der Waals surface area contributed by atoms with Crippen molar-refractivity contribution < 1.29 is 9.18 Å². The van der Waals surface area contributed by atoms with Gasteiger partial charge in [0.05, 0.1) is 5.52 Å². The predicted octanol–water partition coefficient (Wildman–Crippen LogP) is 3.24. The van der Waals surface area contributed by atoms with Crippen LogP contribution in [-0.4, -0.2) is 46.9 Å². The highest BCUT2D eigenvalue weighted by Crippen LogP contribution is 2.19. The molecule has 4 rings (SSSR count). The summed E-state index contributed by atoms with van der Waals surface area (Å²) in [7, 11) is 0. The van der Waals surface area contributed by atoms with Gasteiger partial charge in [-0.1, -0.05) is 12.1 Å². The van der Waals surface area contributed by atoms with Crippen molar-refractivity contribution in [2.24, 2.45) is 0 Å². The smallest absolute Gasteiger partial charge is 0.253 e. The number of H-pyrrole nitrogens is 1. The molecule has 2 heterocycles. The Balaban J connectivity index is 1.44. The summed E-state index contributed by atoms with van der Waals surface area (Å²) in [5, 5.41) is 1.04. The largest absolute Gasteiger partial charge is 0.336 e. The number of pyridine rings is 1. The van der Waals surface area contributed by atoms with Gasteiger partial charge in [0.25, 0.3) is 11.5 Å². The van der Waals surface area contributed by atoms with Gasteiger partial charge >= 0.3 is 0 Å². The lowest BCUT2D eigenvalue weighted by Gasteiger charge is -2.34. The van der Waals surface area contributed by atoms with E-state index in [-0.39, 0.29) is 17.3 Å². The Labute approximate surface area is 168 Å². The molecule has 1 N–H and O–H groups in total. The number of carbonyl (C=O) groups is 1. The van der Waals surface area contributed by atoms with Crippen LogP contribution in [0.5, 0.6) is 0 Å². The van der Waals surface area contributed by atoms with E-state index >= 15 is 0 Å². The highest BCUT2D eigenvalue weighted by atomic mass is 19.1. The summed E-state index contributed by atoms with van der Waals surface area (Å²) in [6.07, 6.45) is 0. The van der Waals surface area contributed by atoms with Crippen molar-refractivity contribution in [2.45, 2.75) is 20.4 Å². The summed E-state index contributed by atoms with van der Waals surface area (Å²) in [6.45, 7) is 7.16. The van der Waals surface area contributed by atoms with E-state index in [1.165, 1.54) is 24.3 Å². The lowest BCUT2D eigenvalue weighted by atomic mass is 10.0. The third-order valence-electron chi connectivity index (χ3n) is 5.77. The second kappa shape index (κ2) is 7.79. The normalized spacial score (nSPS) is 15.1. The fraction of sp³-hybridized carbons (Fsp3) is 0.304. The van der Waals surface area contributed by atoms with Gasteiger partial charge in [0.2, 0.25) is 0 Å². The van der Waals surface area contributed by atoms with Crippen LogP contribution >= 0.6 is 0 Å². The lowest BCUT2D eigenvalue weighted by molar-refractivity contribution is 0.0628. The van der Waals surface area contributed by atoms with Crippen molar-refractivity contribution in [3.63, 3.8) is 0 Å². The van der Waals surface area contributed by atoms with Crippen LogP contribution in [0.3, 0.4) is 0 Å². The fourth-order valence-corrected chi connectivity index (χ4v) is 3.81. The average molecular weight is 393 g/mol. The molecule has 1 aliphatic heterocycles. The van der Waals surface area contributed by atoms with Crippen molar-refractivity contribution in [3.05, 3.63) is 80.9 Å². The Morgan fingerprint density at radius 1 is 1.03 bits per heavy atom. The van der Waals surface area contributed by atoms with Gasteiger partial charge in [0, 0.05) is 43.9 Å². The third-order valence-corrected chi connectivity index (χ3v) is 5.77. The zero-order valence-electron chi connectivity index (χ0n) is 16.7. The molecule has 5 nitrogen and oxygen atoms in total. The maximum Gasteiger partial charge on any atom is 0.253 e. The quantitative estimate of drug-likeness (QED) is 0.743. The molecule has 0 saturated carbocycles. The molecule has 0 aliphatic carbocycles.